The van der Waals surface area contributed by atoms with Gasteiger partial charge in [-0.05, 0) is 47.4 Å². The molecule has 4 aromatic rings. The van der Waals surface area contributed by atoms with Crippen molar-refractivity contribution in [1.82, 2.24) is 9.97 Å². The Hall–Kier alpha value is -3.88. The number of carboxylic acids is 1. The Kier molecular flexibility index (Phi) is 7.76. The van der Waals surface area contributed by atoms with Gasteiger partial charge in [0.1, 0.15) is 5.82 Å². The van der Waals surface area contributed by atoms with Crippen molar-refractivity contribution in [2.75, 3.05) is 17.5 Å². The predicted molar refractivity (Wildman–Crippen MR) is 132 cm³/mol. The van der Waals surface area contributed by atoms with Crippen LogP contribution in [0.2, 0.25) is 0 Å². The standard InChI is InChI=1S/C22H16FN3O3S2.C2HF3O2/c23-18-2-4-21(20(12-18)17-6-9-29-14-17)26(22-25-8-10-30-22)31(27,28)19-3-1-16-13-24-7-5-15(16)11-19;3-2(4,5)1(6)7/h1-8,10-13H,9,14H2;(H,6,7). The van der Waals surface area contributed by atoms with Gasteiger partial charge < -0.3 is 9.84 Å². The lowest BCUT2D eigenvalue weighted by Gasteiger charge is -2.25. The summed E-state index contributed by atoms with van der Waals surface area (Å²) in [4.78, 5) is 17.3. The minimum absolute atomic E-state index is 0.105. The van der Waals surface area contributed by atoms with Crippen molar-refractivity contribution in [2.24, 2.45) is 0 Å². The van der Waals surface area contributed by atoms with Crippen LogP contribution in [0.25, 0.3) is 16.3 Å². The van der Waals surface area contributed by atoms with Crippen LogP contribution in [-0.2, 0) is 19.6 Å². The second-order valence-electron chi connectivity index (χ2n) is 7.68. The Bertz CT molecular complexity index is 1610. The van der Waals surface area contributed by atoms with Gasteiger partial charge in [-0.15, -0.1) is 11.3 Å². The average Bonchev–Trinajstić information content (AvgIpc) is 3.59. The molecule has 0 aliphatic carbocycles. The summed E-state index contributed by atoms with van der Waals surface area (Å²) in [6.07, 6.45) is 1.57. The topological polar surface area (TPSA) is 110 Å². The van der Waals surface area contributed by atoms with Crippen LogP contribution in [0.4, 0.5) is 28.4 Å². The summed E-state index contributed by atoms with van der Waals surface area (Å²) >= 11 is 1.19. The van der Waals surface area contributed by atoms with Crippen molar-refractivity contribution in [2.45, 2.75) is 11.1 Å². The van der Waals surface area contributed by atoms with Crippen molar-refractivity contribution in [3.8, 4) is 0 Å². The molecular weight excluding hydrogens is 550 g/mol. The molecule has 5 rings (SSSR count). The van der Waals surface area contributed by atoms with Crippen LogP contribution in [0.1, 0.15) is 5.56 Å². The summed E-state index contributed by atoms with van der Waals surface area (Å²) in [6.45, 7) is 0.680. The van der Waals surface area contributed by atoms with Gasteiger partial charge in [0, 0.05) is 34.9 Å². The van der Waals surface area contributed by atoms with E-state index in [0.29, 0.717) is 17.9 Å². The SMILES string of the molecule is O=C(O)C(F)(F)F.O=S(=O)(c1ccc2cnccc2c1)N(c1nccs1)c1ccc(F)cc1C1=CCOC1. The molecule has 3 heterocycles. The largest absolute Gasteiger partial charge is 0.490 e. The van der Waals surface area contributed by atoms with Crippen molar-refractivity contribution >= 4 is 54.5 Å². The summed E-state index contributed by atoms with van der Waals surface area (Å²) in [5, 5.41) is 10.7. The Balaban J connectivity index is 0.000000426. The van der Waals surface area contributed by atoms with E-state index in [-0.39, 0.29) is 16.6 Å². The summed E-state index contributed by atoms with van der Waals surface area (Å²) in [7, 11) is -4.06. The molecule has 1 aliphatic heterocycles. The first-order chi connectivity index (χ1) is 18.0. The number of sulfonamides is 1. The second kappa shape index (κ2) is 10.8. The van der Waals surface area contributed by atoms with E-state index < -0.39 is 28.0 Å². The van der Waals surface area contributed by atoms with Crippen LogP contribution >= 0.6 is 11.3 Å². The number of thiazole rings is 1. The maximum atomic E-state index is 14.1. The van der Waals surface area contributed by atoms with Gasteiger partial charge in [0.15, 0.2) is 0 Å². The molecule has 0 amide bonds. The number of hydrogen-bond acceptors (Lipinski definition) is 7. The highest BCUT2D eigenvalue weighted by molar-refractivity contribution is 7.93. The first-order valence-electron chi connectivity index (χ1n) is 10.6. The second-order valence-corrected chi connectivity index (χ2v) is 10.3. The number of hydrogen-bond donors (Lipinski definition) is 1. The van der Waals surface area contributed by atoms with Gasteiger partial charge in [-0.25, -0.2) is 26.9 Å². The minimum atomic E-state index is -5.08. The van der Waals surface area contributed by atoms with Crippen LogP contribution in [-0.4, -0.2) is 48.9 Å². The van der Waals surface area contributed by atoms with Crippen molar-refractivity contribution < 1.29 is 40.6 Å². The Morgan fingerprint density at radius 2 is 1.84 bits per heavy atom. The molecule has 0 saturated heterocycles. The van der Waals surface area contributed by atoms with Gasteiger partial charge in [-0.3, -0.25) is 4.98 Å². The van der Waals surface area contributed by atoms with E-state index in [1.807, 2.05) is 6.08 Å². The zero-order chi connectivity index (χ0) is 27.5. The maximum absolute atomic E-state index is 14.1. The van der Waals surface area contributed by atoms with Gasteiger partial charge in [0.2, 0.25) is 5.13 Å². The average molecular weight is 568 g/mol. The number of aromatic nitrogens is 2. The van der Waals surface area contributed by atoms with Crippen LogP contribution in [0, 0.1) is 5.82 Å². The third-order valence-electron chi connectivity index (χ3n) is 5.21. The van der Waals surface area contributed by atoms with E-state index in [0.717, 1.165) is 16.3 Å². The third-order valence-corrected chi connectivity index (χ3v) is 7.79. The number of nitrogens with zero attached hydrogens (tertiary/aromatic N) is 3. The number of pyridine rings is 1. The smallest absolute Gasteiger partial charge is 0.475 e. The summed E-state index contributed by atoms with van der Waals surface area (Å²) in [6, 6.07) is 10.7. The third kappa shape index (κ3) is 5.82. The van der Waals surface area contributed by atoms with E-state index in [1.165, 1.54) is 40.0 Å². The molecule has 198 valence electrons. The van der Waals surface area contributed by atoms with Crippen molar-refractivity contribution in [1.29, 1.82) is 0 Å². The van der Waals surface area contributed by atoms with Crippen LogP contribution in [0.3, 0.4) is 0 Å². The maximum Gasteiger partial charge on any atom is 0.490 e. The summed E-state index contributed by atoms with van der Waals surface area (Å²) in [5.74, 6) is -3.21. The number of alkyl halides is 3. The highest BCUT2D eigenvalue weighted by Gasteiger charge is 2.38. The van der Waals surface area contributed by atoms with Crippen LogP contribution in [0.15, 0.2) is 77.4 Å². The van der Waals surface area contributed by atoms with E-state index in [2.05, 4.69) is 9.97 Å². The fourth-order valence-electron chi connectivity index (χ4n) is 3.50. The van der Waals surface area contributed by atoms with Crippen molar-refractivity contribution in [3.63, 3.8) is 0 Å². The fourth-order valence-corrected chi connectivity index (χ4v) is 5.88. The van der Waals surface area contributed by atoms with Gasteiger partial charge in [0.05, 0.1) is 23.8 Å². The predicted octanol–water partition coefficient (Wildman–Crippen LogP) is 5.40. The Labute approximate surface area is 217 Å². The van der Waals surface area contributed by atoms with E-state index in [1.54, 1.807) is 42.0 Å². The zero-order valence-electron chi connectivity index (χ0n) is 19.1. The number of benzene rings is 2. The number of aliphatic carboxylic acids is 1. The quantitative estimate of drug-likeness (QED) is 0.322. The van der Waals surface area contributed by atoms with Gasteiger partial charge in [-0.1, -0.05) is 12.1 Å². The molecule has 14 heteroatoms. The summed E-state index contributed by atoms with van der Waals surface area (Å²) in [5.41, 5.74) is 1.51. The lowest BCUT2D eigenvalue weighted by Crippen LogP contribution is -2.27. The van der Waals surface area contributed by atoms with Crippen molar-refractivity contribution in [3.05, 3.63) is 83.9 Å². The molecule has 1 N–H and O–H groups in total. The number of ether oxygens (including phenoxy) is 1. The monoisotopic (exact) mass is 567 g/mol. The van der Waals surface area contributed by atoms with E-state index in [9.17, 15) is 26.0 Å². The number of carbonyl (C=O) groups is 1. The first-order valence-corrected chi connectivity index (χ1v) is 13.0. The molecule has 0 bridgehead atoms. The fraction of sp³-hybridized carbons (Fsp3) is 0.125. The molecule has 8 nitrogen and oxygen atoms in total. The highest BCUT2D eigenvalue weighted by atomic mass is 32.2. The molecule has 0 unspecified atom stereocenters. The van der Waals surface area contributed by atoms with Gasteiger partial charge in [-0.2, -0.15) is 13.2 Å². The van der Waals surface area contributed by atoms with Crippen LogP contribution in [0.5, 0.6) is 0 Å². The lowest BCUT2D eigenvalue weighted by atomic mass is 10.0. The zero-order valence-corrected chi connectivity index (χ0v) is 20.7. The highest BCUT2D eigenvalue weighted by Crippen LogP contribution is 2.39. The molecule has 0 radical (unpaired) electrons. The van der Waals surface area contributed by atoms with Crippen LogP contribution < -0.4 is 4.31 Å². The molecule has 0 fully saturated rings. The van der Waals surface area contributed by atoms with E-state index in [4.69, 9.17) is 14.6 Å². The number of carboxylic acid groups (broad SMARTS) is 1. The molecule has 2 aromatic heterocycles. The van der Waals surface area contributed by atoms with Gasteiger partial charge >= 0.3 is 12.1 Å². The Morgan fingerprint density at radius 1 is 1.08 bits per heavy atom. The number of fused-ring (bicyclic) bond motifs is 1. The molecule has 0 atom stereocenters. The number of halogens is 4. The summed E-state index contributed by atoms with van der Waals surface area (Å²) < 4.78 is 80.2. The normalized spacial score (nSPS) is 13.5. The molecule has 1 aliphatic rings. The number of rotatable bonds is 5. The Morgan fingerprint density at radius 3 is 2.47 bits per heavy atom. The first kappa shape index (κ1) is 27.2. The van der Waals surface area contributed by atoms with Gasteiger partial charge in [0.25, 0.3) is 10.0 Å². The molecule has 38 heavy (non-hydrogen) atoms. The minimum Gasteiger partial charge on any atom is -0.475 e. The lowest BCUT2D eigenvalue weighted by molar-refractivity contribution is -0.192. The number of anilines is 2. The molecule has 2 aromatic carbocycles. The van der Waals surface area contributed by atoms with E-state index >= 15 is 0 Å². The molecule has 0 spiro atoms. The molecule has 0 saturated carbocycles. The molecular formula is C24H17F4N3O5S2.